The van der Waals surface area contributed by atoms with Crippen molar-refractivity contribution in [1.29, 1.82) is 0 Å². The lowest BCUT2D eigenvalue weighted by atomic mass is 9.59. The largest absolute Gasteiger partial charge is 0.456 e. The molecule has 0 radical (unpaired) electrons. The van der Waals surface area contributed by atoms with Crippen LogP contribution in [0.25, 0.3) is 94.2 Å². The highest BCUT2D eigenvalue weighted by molar-refractivity contribution is 6.73. The molecule has 4 heterocycles. The van der Waals surface area contributed by atoms with Gasteiger partial charge in [0.05, 0.1) is 5.52 Å². The third-order valence-corrected chi connectivity index (χ3v) is 16.9. The predicted octanol–water partition coefficient (Wildman–Crippen LogP) is 15.6. The Hall–Kier alpha value is -7.31. The predicted molar refractivity (Wildman–Crippen MR) is 294 cm³/mol. The number of rotatable bonds is 4. The molecular weight excluding hydrogens is 854 g/mol. The number of nitrogens with zero attached hydrogens (tertiary/aromatic N) is 2. The van der Waals surface area contributed by atoms with E-state index in [2.05, 4.69) is 194 Å². The maximum atomic E-state index is 7.03. The van der Waals surface area contributed by atoms with Crippen molar-refractivity contribution in [2.24, 2.45) is 0 Å². The number of hydrogen-bond acceptors (Lipinski definition) is 4. The van der Waals surface area contributed by atoms with Crippen LogP contribution in [0.2, 0.25) is 0 Å². The smallest absolute Gasteiger partial charge is 0.227 e. The number of anilines is 2. The van der Waals surface area contributed by atoms with Crippen molar-refractivity contribution in [3.05, 3.63) is 167 Å². The summed E-state index contributed by atoms with van der Waals surface area (Å²) in [5.41, 5.74) is 24.5. The third-order valence-electron chi connectivity index (χ3n) is 16.9. The van der Waals surface area contributed by atoms with Gasteiger partial charge in [0.15, 0.2) is 12.9 Å². The van der Waals surface area contributed by atoms with Crippen molar-refractivity contribution in [2.45, 2.75) is 96.8 Å². The van der Waals surface area contributed by atoms with Crippen LogP contribution in [-0.4, -0.2) is 16.8 Å². The molecule has 0 atom stereocenters. The van der Waals surface area contributed by atoms with Crippen LogP contribution in [-0.2, 0) is 21.7 Å². The van der Waals surface area contributed by atoms with E-state index < -0.39 is 0 Å². The van der Waals surface area contributed by atoms with Gasteiger partial charge in [-0.3, -0.25) is 0 Å². The van der Waals surface area contributed by atoms with Crippen LogP contribution < -0.4 is 16.2 Å². The van der Waals surface area contributed by atoms with E-state index in [-0.39, 0.29) is 21.7 Å². The van der Waals surface area contributed by atoms with Gasteiger partial charge in [0, 0.05) is 66.7 Å². The Morgan fingerprint density at radius 2 is 1.27 bits per heavy atom. The van der Waals surface area contributed by atoms with Crippen LogP contribution in [0, 0.1) is 0 Å². The first-order valence-corrected chi connectivity index (χ1v) is 25.2. The van der Waals surface area contributed by atoms with E-state index in [0.717, 1.165) is 76.0 Å². The van der Waals surface area contributed by atoms with Gasteiger partial charge in [-0.1, -0.05) is 135 Å². The normalized spacial score (nSPS) is 16.1. The molecule has 8 aromatic carbocycles. The molecule has 6 heteroatoms. The van der Waals surface area contributed by atoms with Gasteiger partial charge in [-0.2, -0.15) is 0 Å². The van der Waals surface area contributed by atoms with Crippen LogP contribution >= 0.6 is 0 Å². The fourth-order valence-electron chi connectivity index (χ4n) is 12.7. The number of fused-ring (bicyclic) bond motifs is 13. The standard InChI is InChI=1S/C64H56BN3O2/c1-61(2,3)36-19-21-37(22-20-36)66-51-29-45-44-28-48-49(63(6,7)26-25-62(48,4)5)32-56(44)69-55(45)31-42(51)39-23-24-40-43-27-47-41(38-17-13-14-18-46(38)64(47,8)9)30-53(43)68-54-34-57-52(33-50(54)65-58(39)59(40)68)67-60(70-57)35-15-11-10-12-16-35/h10-24,27-34,65-66H,25-26H2,1-9H3. The second kappa shape index (κ2) is 13.9. The molecule has 14 rings (SSSR count). The molecule has 5 nitrogen and oxygen atoms in total. The van der Waals surface area contributed by atoms with Crippen LogP contribution in [0.3, 0.4) is 0 Å². The summed E-state index contributed by atoms with van der Waals surface area (Å²) < 4.78 is 16.2. The van der Waals surface area contributed by atoms with Crippen molar-refractivity contribution < 1.29 is 8.83 Å². The van der Waals surface area contributed by atoms with Gasteiger partial charge in [0.25, 0.3) is 0 Å². The molecule has 70 heavy (non-hydrogen) atoms. The summed E-state index contributed by atoms with van der Waals surface area (Å²) in [6.07, 6.45) is 2.31. The summed E-state index contributed by atoms with van der Waals surface area (Å²) in [7, 11) is 0.727. The average Bonchev–Trinajstić information content (AvgIpc) is 4.07. The van der Waals surface area contributed by atoms with Crippen LogP contribution in [0.4, 0.5) is 11.4 Å². The average molecular weight is 910 g/mol. The van der Waals surface area contributed by atoms with E-state index in [9.17, 15) is 0 Å². The molecule has 1 N–H and O–H groups in total. The Labute approximate surface area is 409 Å². The molecule has 2 aliphatic carbocycles. The van der Waals surface area contributed by atoms with Gasteiger partial charge in [0.2, 0.25) is 5.89 Å². The van der Waals surface area contributed by atoms with E-state index in [4.69, 9.17) is 13.8 Å². The van der Waals surface area contributed by atoms with Crippen molar-refractivity contribution >= 4 is 84.4 Å². The number of oxazole rings is 1. The van der Waals surface area contributed by atoms with E-state index in [1.807, 2.05) is 18.2 Å². The number of nitrogens with one attached hydrogen (secondary N) is 1. The molecule has 0 amide bonds. The lowest BCUT2D eigenvalue weighted by molar-refractivity contribution is 0.332. The molecule has 1 aliphatic heterocycles. The van der Waals surface area contributed by atoms with E-state index in [1.54, 1.807) is 0 Å². The lowest BCUT2D eigenvalue weighted by Crippen LogP contribution is -2.37. The second-order valence-corrected chi connectivity index (χ2v) is 23.5. The number of benzene rings is 8. The van der Waals surface area contributed by atoms with Crippen molar-refractivity contribution in [3.8, 4) is 39.4 Å². The third kappa shape index (κ3) is 5.89. The number of hydrogen-bond donors (Lipinski definition) is 1. The summed E-state index contributed by atoms with van der Waals surface area (Å²) in [4.78, 5) is 5.10. The summed E-state index contributed by atoms with van der Waals surface area (Å²) in [5, 5.41) is 8.80. The summed E-state index contributed by atoms with van der Waals surface area (Å²) in [5.74, 6) is 0.633. The maximum absolute atomic E-state index is 7.03. The molecule has 0 saturated heterocycles. The molecule has 0 saturated carbocycles. The minimum atomic E-state index is -0.131. The van der Waals surface area contributed by atoms with E-state index in [0.29, 0.717) is 5.89 Å². The highest BCUT2D eigenvalue weighted by atomic mass is 16.3. The van der Waals surface area contributed by atoms with Gasteiger partial charge in [-0.25, -0.2) is 4.98 Å². The number of aromatic nitrogens is 2. The second-order valence-electron chi connectivity index (χ2n) is 23.5. The summed E-state index contributed by atoms with van der Waals surface area (Å²) in [6.45, 7) is 21.2. The van der Waals surface area contributed by atoms with Gasteiger partial charge in [-0.05, 0) is 146 Å². The van der Waals surface area contributed by atoms with Crippen LogP contribution in [0.15, 0.2) is 148 Å². The topological polar surface area (TPSA) is 56.1 Å². The Morgan fingerprint density at radius 1 is 0.571 bits per heavy atom. The Bertz CT molecular complexity index is 4060. The zero-order valence-electron chi connectivity index (χ0n) is 41.6. The minimum Gasteiger partial charge on any atom is -0.456 e. The van der Waals surface area contributed by atoms with Crippen molar-refractivity contribution in [2.75, 3.05) is 5.32 Å². The fourth-order valence-corrected chi connectivity index (χ4v) is 12.7. The van der Waals surface area contributed by atoms with Crippen molar-refractivity contribution in [3.63, 3.8) is 0 Å². The van der Waals surface area contributed by atoms with Crippen LogP contribution in [0.5, 0.6) is 0 Å². The SMILES string of the molecule is CC(C)(C)c1ccc(Nc2cc3c(cc2-c2ccc4c5cc6c(cc5n5c4c2Bc2cc4nc(-c7ccccc7)oc4cc2-5)-c2ccccc2C6(C)C)oc2cc4c(cc23)C(C)(C)CCC4(C)C)cc1. The first-order chi connectivity index (χ1) is 33.5. The molecule has 3 aromatic heterocycles. The minimum absolute atomic E-state index is 0.0482. The highest BCUT2D eigenvalue weighted by Crippen LogP contribution is 2.52. The lowest BCUT2D eigenvalue weighted by Gasteiger charge is -2.41. The molecule has 0 fully saturated rings. The van der Waals surface area contributed by atoms with Crippen molar-refractivity contribution in [1.82, 2.24) is 9.55 Å². The van der Waals surface area contributed by atoms with E-state index >= 15 is 0 Å². The van der Waals surface area contributed by atoms with Crippen LogP contribution in [0.1, 0.15) is 103 Å². The molecule has 0 spiro atoms. The highest BCUT2D eigenvalue weighted by Gasteiger charge is 2.39. The fraction of sp³-hybridized carbons (Fsp3) is 0.234. The molecule has 0 unspecified atom stereocenters. The van der Waals surface area contributed by atoms with Gasteiger partial charge >= 0.3 is 0 Å². The quantitative estimate of drug-likeness (QED) is 0.179. The molecular formula is C64H56BN3O2. The van der Waals surface area contributed by atoms with E-state index in [1.165, 1.54) is 82.6 Å². The zero-order valence-corrected chi connectivity index (χ0v) is 41.6. The maximum Gasteiger partial charge on any atom is 0.227 e. The molecule has 3 aliphatic rings. The van der Waals surface area contributed by atoms with Gasteiger partial charge in [-0.15, -0.1) is 0 Å². The Kier molecular flexibility index (Phi) is 8.29. The Balaban J connectivity index is 1.04. The number of furan rings is 1. The first kappa shape index (κ1) is 41.6. The molecule has 11 aromatic rings. The first-order valence-electron chi connectivity index (χ1n) is 25.2. The summed E-state index contributed by atoms with van der Waals surface area (Å²) in [6, 6.07) is 51.9. The summed E-state index contributed by atoms with van der Waals surface area (Å²) >= 11 is 0. The molecule has 0 bridgehead atoms. The molecule has 342 valence electrons. The monoisotopic (exact) mass is 909 g/mol. The van der Waals surface area contributed by atoms with Gasteiger partial charge in [0.1, 0.15) is 16.7 Å². The van der Waals surface area contributed by atoms with Gasteiger partial charge < -0.3 is 18.7 Å². The zero-order chi connectivity index (χ0) is 47.8. The Morgan fingerprint density at radius 3 is 2.04 bits per heavy atom.